The maximum Gasteiger partial charge on any atom is 0.248 e. The van der Waals surface area contributed by atoms with Crippen LogP contribution < -0.4 is 5.73 Å². The predicted octanol–water partition coefficient (Wildman–Crippen LogP) is 3.51. The van der Waals surface area contributed by atoms with E-state index in [1.54, 1.807) is 29.5 Å². The van der Waals surface area contributed by atoms with Crippen molar-refractivity contribution < 1.29 is 9.90 Å². The Morgan fingerprint density at radius 2 is 2.00 bits per heavy atom. The first-order valence-corrected chi connectivity index (χ1v) is 9.08. The molecule has 5 nitrogen and oxygen atoms in total. The van der Waals surface area contributed by atoms with Crippen LogP contribution in [0, 0.1) is 0 Å². The number of nitrogens with zero attached hydrogens (tertiary/aromatic N) is 1. The van der Waals surface area contributed by atoms with Crippen molar-refractivity contribution >= 4 is 28.3 Å². The molecule has 1 unspecified atom stereocenters. The summed E-state index contributed by atoms with van der Waals surface area (Å²) >= 11 is 1.64. The Balaban J connectivity index is 1.66. The summed E-state index contributed by atoms with van der Waals surface area (Å²) in [4.78, 5) is 20.3. The number of imidazole rings is 1. The number of fused-ring (bicyclic) bond motifs is 1. The van der Waals surface area contributed by atoms with E-state index >= 15 is 0 Å². The number of aromatic amines is 1. The third-order valence-corrected chi connectivity index (χ3v) is 5.41. The van der Waals surface area contributed by atoms with E-state index in [1.165, 1.54) is 0 Å². The van der Waals surface area contributed by atoms with Gasteiger partial charge in [0.1, 0.15) is 5.82 Å². The summed E-state index contributed by atoms with van der Waals surface area (Å²) in [5, 5.41) is 11.8. The highest BCUT2D eigenvalue weighted by Gasteiger charge is 2.15. The zero-order chi connectivity index (χ0) is 18.1. The van der Waals surface area contributed by atoms with Gasteiger partial charge in [0.25, 0.3) is 0 Å². The number of carbonyl (C=O) groups is 1. The third kappa shape index (κ3) is 3.00. The van der Waals surface area contributed by atoms with Gasteiger partial charge in [0, 0.05) is 21.9 Å². The van der Waals surface area contributed by atoms with E-state index in [4.69, 9.17) is 5.73 Å². The molecule has 1 amide bonds. The first-order chi connectivity index (χ1) is 12.7. The number of aliphatic hydroxyl groups is 1. The van der Waals surface area contributed by atoms with Crippen LogP contribution in [-0.4, -0.2) is 27.6 Å². The molecule has 130 valence electrons. The van der Waals surface area contributed by atoms with Crippen LogP contribution in [0.2, 0.25) is 0 Å². The van der Waals surface area contributed by atoms with Gasteiger partial charge < -0.3 is 15.8 Å². The zero-order valence-electron chi connectivity index (χ0n) is 13.8. The first kappa shape index (κ1) is 16.5. The Morgan fingerprint density at radius 1 is 1.19 bits per heavy atom. The van der Waals surface area contributed by atoms with E-state index in [2.05, 4.69) is 9.97 Å². The van der Waals surface area contributed by atoms with Gasteiger partial charge in [-0.25, -0.2) is 4.98 Å². The number of aromatic nitrogens is 2. The Bertz CT molecular complexity index is 1050. The number of H-pyrrole nitrogens is 1. The molecule has 0 fully saturated rings. The molecule has 1 atom stereocenters. The lowest BCUT2D eigenvalue weighted by Crippen LogP contribution is -2.10. The number of nitrogens with two attached hydrogens (primary N) is 1. The van der Waals surface area contributed by atoms with Crippen LogP contribution in [0.5, 0.6) is 0 Å². The van der Waals surface area contributed by atoms with Gasteiger partial charge in [0.05, 0.1) is 17.6 Å². The third-order valence-electron chi connectivity index (χ3n) is 4.42. The van der Waals surface area contributed by atoms with Crippen molar-refractivity contribution in [2.45, 2.75) is 5.92 Å². The lowest BCUT2D eigenvalue weighted by Gasteiger charge is -2.13. The summed E-state index contributed by atoms with van der Waals surface area (Å²) < 4.78 is 0. The van der Waals surface area contributed by atoms with E-state index in [0.717, 1.165) is 32.9 Å². The Morgan fingerprint density at radius 3 is 2.65 bits per heavy atom. The van der Waals surface area contributed by atoms with Gasteiger partial charge in [-0.3, -0.25) is 4.79 Å². The fourth-order valence-electron chi connectivity index (χ4n) is 3.02. The Kier molecular flexibility index (Phi) is 4.28. The molecule has 0 aliphatic carbocycles. The van der Waals surface area contributed by atoms with Crippen LogP contribution in [0.1, 0.15) is 26.7 Å². The van der Waals surface area contributed by atoms with Crippen LogP contribution in [-0.2, 0) is 0 Å². The van der Waals surface area contributed by atoms with Gasteiger partial charge in [0.2, 0.25) is 5.91 Å². The summed E-state index contributed by atoms with van der Waals surface area (Å²) in [5.41, 5.74) is 9.33. The molecular weight excluding hydrogens is 346 g/mol. The zero-order valence-corrected chi connectivity index (χ0v) is 14.7. The van der Waals surface area contributed by atoms with Gasteiger partial charge in [-0.2, -0.15) is 0 Å². The van der Waals surface area contributed by atoms with Gasteiger partial charge >= 0.3 is 0 Å². The maximum atomic E-state index is 11.3. The Hall–Kier alpha value is -2.96. The lowest BCUT2D eigenvalue weighted by atomic mass is 9.97. The van der Waals surface area contributed by atoms with E-state index in [9.17, 15) is 9.90 Å². The predicted molar refractivity (Wildman–Crippen MR) is 103 cm³/mol. The second kappa shape index (κ2) is 6.74. The lowest BCUT2D eigenvalue weighted by molar-refractivity contribution is 0.100. The van der Waals surface area contributed by atoms with E-state index in [0.29, 0.717) is 5.56 Å². The number of rotatable bonds is 5. The summed E-state index contributed by atoms with van der Waals surface area (Å²) in [5.74, 6) is 0.249. The summed E-state index contributed by atoms with van der Waals surface area (Å²) in [6.07, 6.45) is 0. The minimum absolute atomic E-state index is 0.0159. The highest BCUT2D eigenvalue weighted by molar-refractivity contribution is 7.10. The molecule has 2 heterocycles. The van der Waals surface area contributed by atoms with Crippen molar-refractivity contribution in [3.05, 3.63) is 76.0 Å². The van der Waals surface area contributed by atoms with Crippen LogP contribution in [0.15, 0.2) is 60.0 Å². The van der Waals surface area contributed by atoms with Gasteiger partial charge in [0.15, 0.2) is 0 Å². The molecule has 0 spiro atoms. The molecule has 4 rings (SSSR count). The molecule has 0 radical (unpaired) electrons. The first-order valence-electron chi connectivity index (χ1n) is 8.20. The quantitative estimate of drug-likeness (QED) is 0.507. The highest BCUT2D eigenvalue weighted by Crippen LogP contribution is 2.29. The fourth-order valence-corrected chi connectivity index (χ4v) is 3.87. The van der Waals surface area contributed by atoms with Crippen LogP contribution in [0.25, 0.3) is 22.4 Å². The van der Waals surface area contributed by atoms with Crippen LogP contribution in [0.3, 0.4) is 0 Å². The monoisotopic (exact) mass is 363 g/mol. The normalized spacial score (nSPS) is 12.3. The molecule has 0 aliphatic rings. The maximum absolute atomic E-state index is 11.3. The summed E-state index contributed by atoms with van der Waals surface area (Å²) in [6, 6.07) is 17.2. The number of thiophene rings is 1. The second-order valence-corrected chi connectivity index (χ2v) is 7.03. The van der Waals surface area contributed by atoms with Crippen molar-refractivity contribution in [2.24, 2.45) is 5.73 Å². The molecule has 0 aliphatic heterocycles. The molecule has 4 aromatic rings. The minimum atomic E-state index is -0.462. The molecule has 0 saturated carbocycles. The van der Waals surface area contributed by atoms with Crippen molar-refractivity contribution in [1.29, 1.82) is 0 Å². The number of nitrogens with one attached hydrogen (secondary N) is 1. The second-order valence-electron chi connectivity index (χ2n) is 6.05. The average molecular weight is 363 g/mol. The molecule has 4 N–H and O–H groups in total. The molecule has 2 aromatic heterocycles. The standard InChI is InChI=1S/C20H17N3O2S/c21-19(25)14-7-8-16-17(10-14)23-20(22-16)13-5-3-12(4-6-13)15(11-24)18-2-1-9-26-18/h1-10,15,24H,11H2,(H2,21,25)(H,22,23). The number of hydrogen-bond donors (Lipinski definition) is 3. The minimum Gasteiger partial charge on any atom is -0.395 e. The highest BCUT2D eigenvalue weighted by atomic mass is 32.1. The number of aliphatic hydroxyl groups excluding tert-OH is 1. The molecule has 0 saturated heterocycles. The van der Waals surface area contributed by atoms with Crippen LogP contribution >= 0.6 is 11.3 Å². The van der Waals surface area contributed by atoms with Crippen molar-refractivity contribution in [3.8, 4) is 11.4 Å². The van der Waals surface area contributed by atoms with E-state index in [1.807, 2.05) is 41.8 Å². The SMILES string of the molecule is NC(=O)c1ccc2nc(-c3ccc(C(CO)c4cccs4)cc3)[nH]c2c1. The van der Waals surface area contributed by atoms with Gasteiger partial charge in [-0.05, 0) is 35.2 Å². The number of amides is 1. The van der Waals surface area contributed by atoms with Crippen molar-refractivity contribution in [1.82, 2.24) is 9.97 Å². The molecular formula is C20H17N3O2S. The van der Waals surface area contributed by atoms with Crippen molar-refractivity contribution in [3.63, 3.8) is 0 Å². The van der Waals surface area contributed by atoms with Gasteiger partial charge in [-0.1, -0.05) is 30.3 Å². The number of hydrogen-bond acceptors (Lipinski definition) is 4. The summed E-state index contributed by atoms with van der Waals surface area (Å²) in [6.45, 7) is 0.0698. The van der Waals surface area contributed by atoms with Crippen LogP contribution in [0.4, 0.5) is 0 Å². The number of carbonyl (C=O) groups excluding carboxylic acids is 1. The fraction of sp³-hybridized carbons (Fsp3) is 0.100. The topological polar surface area (TPSA) is 92.0 Å². The summed E-state index contributed by atoms with van der Waals surface area (Å²) in [7, 11) is 0. The average Bonchev–Trinajstić information content (AvgIpc) is 3.32. The molecule has 6 heteroatoms. The smallest absolute Gasteiger partial charge is 0.248 e. The largest absolute Gasteiger partial charge is 0.395 e. The Labute approximate surface area is 154 Å². The number of primary amides is 1. The molecule has 2 aromatic carbocycles. The number of benzene rings is 2. The van der Waals surface area contributed by atoms with E-state index in [-0.39, 0.29) is 12.5 Å². The van der Waals surface area contributed by atoms with Crippen molar-refractivity contribution in [2.75, 3.05) is 6.61 Å². The molecule has 26 heavy (non-hydrogen) atoms. The van der Waals surface area contributed by atoms with E-state index < -0.39 is 5.91 Å². The molecule has 0 bridgehead atoms. The van der Waals surface area contributed by atoms with Gasteiger partial charge in [-0.15, -0.1) is 11.3 Å².